The van der Waals surface area contributed by atoms with Gasteiger partial charge in [0.15, 0.2) is 0 Å². The first kappa shape index (κ1) is 37.6. The SMILES string of the molecule is O=CO.O=CO.O=CO.[Ca+2].[H-].[H-].[H-].[H-].[H-].[Mg+2].[Na+]. The van der Waals surface area contributed by atoms with Gasteiger partial charge in [-0.25, -0.2) is 0 Å². The molecule has 0 aliphatic carbocycles. The topological polar surface area (TPSA) is 112 Å². The fourth-order valence-corrected chi connectivity index (χ4v) is 0. The zero-order chi connectivity index (χ0) is 8.12. The fourth-order valence-electron chi connectivity index (χ4n) is 0. The van der Waals surface area contributed by atoms with Gasteiger partial charge < -0.3 is 22.5 Å². The molecule has 0 saturated carbocycles. The average Bonchev–Trinajstić information content (AvgIpc) is 1.70. The van der Waals surface area contributed by atoms with E-state index in [0.29, 0.717) is 0 Å². The van der Waals surface area contributed by atoms with Gasteiger partial charge in [-0.15, -0.1) is 0 Å². The van der Waals surface area contributed by atoms with Crippen LogP contribution in [0.3, 0.4) is 0 Å². The molecule has 0 fully saturated rings. The Labute approximate surface area is 145 Å². The number of hydrogen-bond acceptors (Lipinski definition) is 3. The predicted octanol–water partition coefficient (Wildman–Crippen LogP) is -4.09. The molecule has 0 unspecified atom stereocenters. The quantitative estimate of drug-likeness (QED) is 0.288. The van der Waals surface area contributed by atoms with E-state index in [1.165, 1.54) is 0 Å². The van der Waals surface area contributed by atoms with E-state index < -0.39 is 0 Å². The van der Waals surface area contributed by atoms with Gasteiger partial charge in [0.25, 0.3) is 19.4 Å². The number of carbonyl (C=O) groups is 3. The molecule has 0 amide bonds. The Morgan fingerprint density at radius 2 is 0.833 bits per heavy atom. The van der Waals surface area contributed by atoms with Crippen molar-refractivity contribution in [2.75, 3.05) is 0 Å². The van der Waals surface area contributed by atoms with Crippen LogP contribution >= 0.6 is 0 Å². The second-order valence-corrected chi connectivity index (χ2v) is 0.316. The average molecular weight is 230 g/mol. The van der Waals surface area contributed by atoms with Crippen molar-refractivity contribution < 1.29 is 66.4 Å². The van der Waals surface area contributed by atoms with Gasteiger partial charge >= 0.3 is 90.3 Å². The van der Waals surface area contributed by atoms with Crippen LogP contribution in [0.5, 0.6) is 0 Å². The third kappa shape index (κ3) is 604. The van der Waals surface area contributed by atoms with E-state index in [1.54, 1.807) is 0 Å². The van der Waals surface area contributed by atoms with E-state index in [9.17, 15) is 0 Å². The Morgan fingerprint density at radius 3 is 0.833 bits per heavy atom. The second kappa shape index (κ2) is 82.7. The molecule has 0 aliphatic heterocycles. The summed E-state index contributed by atoms with van der Waals surface area (Å²) >= 11 is 0. The summed E-state index contributed by atoms with van der Waals surface area (Å²) in [6.45, 7) is -0.750. The van der Waals surface area contributed by atoms with Gasteiger partial charge in [0.05, 0.1) is 0 Å². The second-order valence-electron chi connectivity index (χ2n) is 0.316. The van der Waals surface area contributed by atoms with E-state index in [-0.39, 0.29) is 117 Å². The van der Waals surface area contributed by atoms with Crippen LogP contribution in [0.1, 0.15) is 7.13 Å². The van der Waals surface area contributed by atoms with Crippen molar-refractivity contribution in [1.29, 1.82) is 0 Å². The maximum atomic E-state index is 8.36. The summed E-state index contributed by atoms with van der Waals surface area (Å²) < 4.78 is 0. The zero-order valence-electron chi connectivity index (χ0n) is 11.7. The van der Waals surface area contributed by atoms with Crippen LogP contribution in [-0.4, -0.2) is 95.5 Å². The molecule has 6 nitrogen and oxygen atoms in total. The van der Waals surface area contributed by atoms with Gasteiger partial charge in [-0.05, 0) is 0 Å². The maximum Gasteiger partial charge on any atom is 2.00 e. The smallest absolute Gasteiger partial charge is 1.00 e. The summed E-state index contributed by atoms with van der Waals surface area (Å²) in [7, 11) is 0. The van der Waals surface area contributed by atoms with E-state index in [0.717, 1.165) is 0 Å². The third-order valence-electron chi connectivity index (χ3n) is 0. The van der Waals surface area contributed by atoms with Crippen molar-refractivity contribution in [2.24, 2.45) is 0 Å². The molecular formula is C3H11CaMgNaO6. The van der Waals surface area contributed by atoms with Gasteiger partial charge in [0.1, 0.15) is 0 Å². The van der Waals surface area contributed by atoms with E-state index in [4.69, 9.17) is 29.7 Å². The summed E-state index contributed by atoms with van der Waals surface area (Å²) in [5.74, 6) is 0. The summed E-state index contributed by atoms with van der Waals surface area (Å²) in [4.78, 5) is 25.1. The van der Waals surface area contributed by atoms with E-state index in [1.807, 2.05) is 0 Å². The van der Waals surface area contributed by atoms with E-state index >= 15 is 0 Å². The first-order valence-electron chi connectivity index (χ1n) is 1.48. The zero-order valence-corrected chi connectivity index (χ0v) is 12.3. The van der Waals surface area contributed by atoms with Gasteiger partial charge in [-0.1, -0.05) is 0 Å². The number of carboxylic acid groups (broad SMARTS) is 3. The van der Waals surface area contributed by atoms with Gasteiger partial charge in [0, 0.05) is 0 Å². The summed E-state index contributed by atoms with van der Waals surface area (Å²) in [5, 5.41) is 20.7. The van der Waals surface area contributed by atoms with Crippen LogP contribution in [0.2, 0.25) is 0 Å². The van der Waals surface area contributed by atoms with Crippen LogP contribution in [0.15, 0.2) is 0 Å². The molecule has 0 spiro atoms. The summed E-state index contributed by atoms with van der Waals surface area (Å²) in [6, 6.07) is 0. The van der Waals surface area contributed by atoms with Crippen LogP contribution in [0.4, 0.5) is 0 Å². The number of rotatable bonds is 0. The largest absolute Gasteiger partial charge is 2.00 e. The van der Waals surface area contributed by atoms with Crippen molar-refractivity contribution in [1.82, 2.24) is 0 Å². The van der Waals surface area contributed by atoms with E-state index in [2.05, 4.69) is 0 Å². The molecule has 0 bridgehead atoms. The van der Waals surface area contributed by atoms with Crippen LogP contribution in [0.25, 0.3) is 0 Å². The van der Waals surface area contributed by atoms with Crippen molar-refractivity contribution >= 4 is 80.2 Å². The fraction of sp³-hybridized carbons (Fsp3) is 0. The standard InChI is InChI=1S/3CH2O2.Ca.Mg.Na.5H/c3*2-1-3;;;;;;;;/h3*1H,(H,2,3);;;;;;;;/q;;;2*+2;+1;5*-1. The molecule has 12 heavy (non-hydrogen) atoms. The molecular weight excluding hydrogens is 219 g/mol. The Morgan fingerprint density at radius 1 is 0.833 bits per heavy atom. The number of hydrogen-bond donors (Lipinski definition) is 3. The Bertz CT molecular complexity index is 74.4. The Balaban J connectivity index is -0.00000000286. The van der Waals surface area contributed by atoms with Gasteiger partial charge in [0.2, 0.25) is 0 Å². The molecule has 0 aromatic carbocycles. The summed E-state index contributed by atoms with van der Waals surface area (Å²) in [5.41, 5.74) is 0. The molecule has 0 heterocycles. The van der Waals surface area contributed by atoms with Crippen molar-refractivity contribution in [3.8, 4) is 0 Å². The van der Waals surface area contributed by atoms with Crippen LogP contribution in [0, 0.1) is 0 Å². The first-order chi connectivity index (χ1) is 4.24. The Kier molecular flexibility index (Phi) is 259. The molecule has 0 saturated heterocycles. The minimum atomic E-state index is -0.250. The van der Waals surface area contributed by atoms with Crippen LogP contribution < -0.4 is 29.6 Å². The van der Waals surface area contributed by atoms with Gasteiger partial charge in [-0.3, -0.25) is 14.4 Å². The normalized spacial score (nSPS) is 3.00. The molecule has 0 atom stereocenters. The maximum absolute atomic E-state index is 8.36. The Hall–Kier alpha value is 1.44. The van der Waals surface area contributed by atoms with Crippen molar-refractivity contribution in [2.45, 2.75) is 0 Å². The molecule has 0 aliphatic rings. The molecule has 0 radical (unpaired) electrons. The van der Waals surface area contributed by atoms with Crippen LogP contribution in [-0.2, 0) is 14.4 Å². The molecule has 0 aromatic heterocycles. The molecule has 9 heteroatoms. The van der Waals surface area contributed by atoms with Crippen molar-refractivity contribution in [3.63, 3.8) is 0 Å². The molecule has 64 valence electrons. The first-order valence-corrected chi connectivity index (χ1v) is 1.48. The molecule has 0 rings (SSSR count). The monoisotopic (exact) mass is 230 g/mol. The van der Waals surface area contributed by atoms with Gasteiger partial charge in [-0.2, -0.15) is 0 Å². The van der Waals surface area contributed by atoms with Crippen molar-refractivity contribution in [3.05, 3.63) is 0 Å². The third-order valence-corrected chi connectivity index (χ3v) is 0. The minimum Gasteiger partial charge on any atom is -1.00 e. The molecule has 3 N–H and O–H groups in total. The minimum absolute atomic E-state index is 0. The molecule has 0 aromatic rings. The summed E-state index contributed by atoms with van der Waals surface area (Å²) in [6.07, 6.45) is 0. The predicted molar refractivity (Wildman–Crippen MR) is 43.1 cm³/mol.